The molecule has 2 N–H and O–H groups in total. The summed E-state index contributed by atoms with van der Waals surface area (Å²) in [7, 11) is 0. The van der Waals surface area contributed by atoms with Gasteiger partial charge in [0, 0.05) is 17.0 Å². The summed E-state index contributed by atoms with van der Waals surface area (Å²) >= 11 is 12.3. The lowest BCUT2D eigenvalue weighted by Gasteiger charge is -2.19. The number of rotatable bonds is 3. The van der Waals surface area contributed by atoms with Gasteiger partial charge in [0.05, 0.1) is 34.8 Å². The highest BCUT2D eigenvalue weighted by Crippen LogP contribution is 2.35. The second-order valence-electron chi connectivity index (χ2n) is 6.41. The minimum atomic E-state index is -0.486. The van der Waals surface area contributed by atoms with Crippen molar-refractivity contribution in [1.29, 1.82) is 0 Å². The third-order valence-corrected chi connectivity index (χ3v) is 5.19. The van der Waals surface area contributed by atoms with Gasteiger partial charge in [-0.05, 0) is 36.2 Å². The molecule has 1 aromatic heterocycles. The molecule has 2 atom stereocenters. The lowest BCUT2D eigenvalue weighted by Crippen LogP contribution is -2.22. The molecule has 1 heterocycles. The second kappa shape index (κ2) is 6.88. The van der Waals surface area contributed by atoms with Gasteiger partial charge in [0.15, 0.2) is 0 Å². The summed E-state index contributed by atoms with van der Waals surface area (Å²) in [5.74, 6) is 0.622. The van der Waals surface area contributed by atoms with E-state index in [1.54, 1.807) is 18.3 Å². The summed E-state index contributed by atoms with van der Waals surface area (Å²) in [5.41, 5.74) is 4.51. The number of halogens is 2. The summed E-state index contributed by atoms with van der Waals surface area (Å²) in [5, 5.41) is 14.8. The third kappa shape index (κ3) is 3.16. The van der Waals surface area contributed by atoms with Crippen LogP contribution < -0.4 is 5.32 Å². The molecule has 0 saturated heterocycles. The van der Waals surface area contributed by atoms with Crippen LogP contribution in [-0.2, 0) is 6.42 Å². The van der Waals surface area contributed by atoms with E-state index in [1.165, 1.54) is 0 Å². The van der Waals surface area contributed by atoms with Crippen molar-refractivity contribution in [3.63, 3.8) is 0 Å². The van der Waals surface area contributed by atoms with Gasteiger partial charge in [0.2, 0.25) is 0 Å². The quantitative estimate of drug-likeness (QED) is 0.677. The van der Waals surface area contributed by atoms with Gasteiger partial charge in [-0.1, -0.05) is 47.5 Å². The van der Waals surface area contributed by atoms with Crippen LogP contribution in [0.2, 0.25) is 10.0 Å². The molecule has 0 aliphatic heterocycles. The molecule has 0 fully saturated rings. The van der Waals surface area contributed by atoms with Crippen LogP contribution in [0.15, 0.2) is 48.7 Å². The molecule has 1 aliphatic rings. The molecular formula is C20H17Cl2N3O. The van der Waals surface area contributed by atoms with Gasteiger partial charge in [0.25, 0.3) is 0 Å². The first-order chi connectivity index (χ1) is 12.5. The van der Waals surface area contributed by atoms with Crippen molar-refractivity contribution in [2.24, 2.45) is 0 Å². The molecule has 1 aliphatic carbocycles. The van der Waals surface area contributed by atoms with E-state index in [2.05, 4.69) is 15.3 Å². The lowest BCUT2D eigenvalue weighted by atomic mass is 10.1. The molecule has 0 spiro atoms. The minimum Gasteiger partial charge on any atom is -0.390 e. The van der Waals surface area contributed by atoms with Gasteiger partial charge < -0.3 is 10.4 Å². The largest absolute Gasteiger partial charge is 0.390 e. The maximum absolute atomic E-state index is 10.4. The number of nitrogens with zero attached hydrogens (tertiary/aromatic N) is 2. The molecule has 0 amide bonds. The Hall–Kier alpha value is -2.14. The predicted molar refractivity (Wildman–Crippen MR) is 105 cm³/mol. The number of benzene rings is 2. The van der Waals surface area contributed by atoms with Crippen LogP contribution >= 0.6 is 23.2 Å². The Bertz CT molecular complexity index is 977. The molecular weight excluding hydrogens is 369 g/mol. The highest BCUT2D eigenvalue weighted by atomic mass is 35.5. The van der Waals surface area contributed by atoms with Crippen LogP contribution in [0.5, 0.6) is 0 Å². The number of hydrogen-bond acceptors (Lipinski definition) is 4. The Kier molecular flexibility index (Phi) is 4.57. The molecule has 4 rings (SSSR count). The topological polar surface area (TPSA) is 58.0 Å². The molecule has 132 valence electrons. The predicted octanol–water partition coefficient (Wildman–Crippen LogP) is 4.83. The van der Waals surface area contributed by atoms with Crippen LogP contribution in [0.3, 0.4) is 0 Å². The zero-order valence-electron chi connectivity index (χ0n) is 14.1. The van der Waals surface area contributed by atoms with Crippen LogP contribution in [-0.4, -0.2) is 21.2 Å². The van der Waals surface area contributed by atoms with Crippen LogP contribution in [0.4, 0.5) is 5.82 Å². The molecule has 26 heavy (non-hydrogen) atoms. The number of nitrogens with one attached hydrogen (secondary N) is 1. The summed E-state index contributed by atoms with van der Waals surface area (Å²) in [6.45, 7) is 1.89. The molecule has 0 saturated carbocycles. The van der Waals surface area contributed by atoms with Crippen molar-refractivity contribution in [2.75, 3.05) is 5.32 Å². The number of aliphatic hydroxyl groups excluding tert-OH is 1. The van der Waals surface area contributed by atoms with Gasteiger partial charge in [-0.15, -0.1) is 0 Å². The fourth-order valence-electron chi connectivity index (χ4n) is 3.40. The Morgan fingerprint density at radius 3 is 2.73 bits per heavy atom. The lowest BCUT2D eigenvalue weighted by molar-refractivity contribution is 0.165. The zero-order valence-corrected chi connectivity index (χ0v) is 15.6. The summed E-state index contributed by atoms with van der Waals surface area (Å²) in [4.78, 5) is 9.14. The van der Waals surface area contributed by atoms with Crippen molar-refractivity contribution >= 4 is 29.0 Å². The van der Waals surface area contributed by atoms with E-state index in [-0.39, 0.29) is 6.04 Å². The zero-order chi connectivity index (χ0) is 18.3. The summed E-state index contributed by atoms with van der Waals surface area (Å²) in [6.07, 6.45) is 1.82. The number of aliphatic hydroxyl groups is 1. The maximum atomic E-state index is 10.4. The van der Waals surface area contributed by atoms with Crippen LogP contribution in [0.25, 0.3) is 11.3 Å². The number of aryl methyl sites for hydroxylation is 1. The summed E-state index contributed by atoms with van der Waals surface area (Å²) in [6, 6.07) is 13.2. The minimum absolute atomic E-state index is 0.190. The molecule has 4 nitrogen and oxygen atoms in total. The first-order valence-corrected chi connectivity index (χ1v) is 9.10. The number of fused-ring (bicyclic) bond motifs is 1. The van der Waals surface area contributed by atoms with Crippen molar-refractivity contribution in [3.8, 4) is 11.3 Å². The van der Waals surface area contributed by atoms with Crippen molar-refractivity contribution in [1.82, 2.24) is 9.97 Å². The van der Waals surface area contributed by atoms with E-state index in [9.17, 15) is 5.11 Å². The van der Waals surface area contributed by atoms with Crippen molar-refractivity contribution in [2.45, 2.75) is 25.5 Å². The van der Waals surface area contributed by atoms with Gasteiger partial charge in [-0.2, -0.15) is 0 Å². The third-order valence-electron chi connectivity index (χ3n) is 4.64. The first-order valence-electron chi connectivity index (χ1n) is 8.34. The van der Waals surface area contributed by atoms with E-state index < -0.39 is 6.10 Å². The second-order valence-corrected chi connectivity index (χ2v) is 7.25. The van der Waals surface area contributed by atoms with E-state index in [4.69, 9.17) is 23.2 Å². The molecule has 3 aromatic rings. The average molecular weight is 386 g/mol. The van der Waals surface area contributed by atoms with E-state index in [1.807, 2.05) is 37.3 Å². The smallest absolute Gasteiger partial charge is 0.145 e. The Labute approximate surface area is 161 Å². The van der Waals surface area contributed by atoms with Gasteiger partial charge >= 0.3 is 0 Å². The average Bonchev–Trinajstić information content (AvgIpc) is 2.92. The standard InChI is InChI=1S/C20H17Cl2N3O/c1-11-19(15-7-6-13(21)9-16(15)22)23-10-18(24-11)25-20-14-5-3-2-4-12(14)8-17(20)26/h2-7,9-10,17,20,26H,8H2,1H3,(H,24,25)/t17-,20+/m0/s1. The normalized spacial score (nSPS) is 18.6. The molecule has 0 bridgehead atoms. The monoisotopic (exact) mass is 385 g/mol. The number of anilines is 1. The highest BCUT2D eigenvalue weighted by Gasteiger charge is 2.31. The van der Waals surface area contributed by atoms with Gasteiger partial charge in [0.1, 0.15) is 5.82 Å². The molecule has 2 aromatic carbocycles. The van der Waals surface area contributed by atoms with Gasteiger partial charge in [-0.25, -0.2) is 4.98 Å². The molecule has 0 radical (unpaired) electrons. The summed E-state index contributed by atoms with van der Waals surface area (Å²) < 4.78 is 0. The van der Waals surface area contributed by atoms with Crippen molar-refractivity contribution < 1.29 is 5.11 Å². The van der Waals surface area contributed by atoms with E-state index >= 15 is 0 Å². The van der Waals surface area contributed by atoms with Gasteiger partial charge in [-0.3, -0.25) is 4.98 Å². The highest BCUT2D eigenvalue weighted by molar-refractivity contribution is 6.36. The molecule has 0 unspecified atom stereocenters. The Morgan fingerprint density at radius 1 is 1.15 bits per heavy atom. The van der Waals surface area contributed by atoms with E-state index in [0.29, 0.717) is 28.0 Å². The SMILES string of the molecule is Cc1nc(N[C@@H]2c3ccccc3C[C@@H]2O)cnc1-c1ccc(Cl)cc1Cl. The maximum Gasteiger partial charge on any atom is 0.145 e. The van der Waals surface area contributed by atoms with Crippen LogP contribution in [0.1, 0.15) is 22.9 Å². The number of hydrogen-bond donors (Lipinski definition) is 2. The number of aromatic nitrogens is 2. The Morgan fingerprint density at radius 2 is 1.96 bits per heavy atom. The first kappa shape index (κ1) is 17.3. The fraction of sp³-hybridized carbons (Fsp3) is 0.200. The molecule has 6 heteroatoms. The van der Waals surface area contributed by atoms with Crippen LogP contribution in [0, 0.1) is 6.92 Å². The Balaban J connectivity index is 1.63. The van der Waals surface area contributed by atoms with Crippen molar-refractivity contribution in [3.05, 3.63) is 75.5 Å². The fourth-order valence-corrected chi connectivity index (χ4v) is 3.90. The van der Waals surface area contributed by atoms with E-state index in [0.717, 1.165) is 22.4 Å².